The van der Waals surface area contributed by atoms with E-state index in [4.69, 9.17) is 9.97 Å². The topological polar surface area (TPSA) is 37.8 Å². The number of para-hydroxylation sites is 4. The molecule has 0 amide bonds. The van der Waals surface area contributed by atoms with E-state index in [0.717, 1.165) is 66.7 Å². The molecule has 0 saturated carbocycles. The van der Waals surface area contributed by atoms with Crippen molar-refractivity contribution in [2.75, 3.05) is 4.90 Å². The van der Waals surface area contributed by atoms with Crippen molar-refractivity contribution >= 4 is 115 Å². The molecule has 5 heteroatoms. The molecular weight excluding hydrogens is 647 g/mol. The van der Waals surface area contributed by atoms with Crippen molar-refractivity contribution < 1.29 is 0 Å². The summed E-state index contributed by atoms with van der Waals surface area (Å²) in [5, 5.41) is 12.0. The third-order valence-corrected chi connectivity index (χ3v) is 11.5. The van der Waals surface area contributed by atoms with Gasteiger partial charge in [-0.2, -0.15) is 0 Å². The van der Waals surface area contributed by atoms with Gasteiger partial charge in [-0.3, -0.25) is 8.80 Å². The van der Waals surface area contributed by atoms with Gasteiger partial charge in [-0.1, -0.05) is 115 Å². The zero-order chi connectivity index (χ0) is 34.4. The highest BCUT2D eigenvalue weighted by atomic mass is 15.2. The standard InChI is InChI=1S/C48H27N5/c1-3-16-30(17-4-1)51(31-18-5-2-6-19-31)39-25-13-23-35-37-27-29-15-8-10-21-33(29)41-43-48(53(44(35)39)46(37)41)50-42-40-32-20-9-7-14-28(32)26-36-34-22-11-12-24-38(34)52(45(36)40)47(42)49-43/h1-27H. The molecule has 5 aromatic heterocycles. The molecule has 0 spiro atoms. The quantitative estimate of drug-likeness (QED) is 0.187. The van der Waals surface area contributed by atoms with Crippen molar-refractivity contribution in [1.29, 1.82) is 0 Å². The number of anilines is 3. The molecule has 0 fully saturated rings. The largest absolute Gasteiger partial charge is 0.308 e. The van der Waals surface area contributed by atoms with E-state index >= 15 is 0 Å². The van der Waals surface area contributed by atoms with E-state index in [9.17, 15) is 0 Å². The van der Waals surface area contributed by atoms with Crippen LogP contribution in [0.3, 0.4) is 0 Å². The molecule has 53 heavy (non-hydrogen) atoms. The molecule has 0 N–H and O–H groups in total. The minimum absolute atomic E-state index is 0.875. The average molecular weight is 674 g/mol. The Kier molecular flexibility index (Phi) is 5.06. The van der Waals surface area contributed by atoms with Gasteiger partial charge in [-0.15, -0.1) is 0 Å². The van der Waals surface area contributed by atoms with Gasteiger partial charge in [0.15, 0.2) is 11.3 Å². The Morgan fingerprint density at radius 3 is 1.51 bits per heavy atom. The van der Waals surface area contributed by atoms with Crippen LogP contribution < -0.4 is 4.90 Å². The van der Waals surface area contributed by atoms with Crippen LogP contribution in [0.4, 0.5) is 17.1 Å². The minimum atomic E-state index is 0.875. The van der Waals surface area contributed by atoms with Crippen molar-refractivity contribution in [2.45, 2.75) is 0 Å². The van der Waals surface area contributed by atoms with Crippen LogP contribution >= 0.6 is 0 Å². The first-order valence-corrected chi connectivity index (χ1v) is 18.1. The van der Waals surface area contributed by atoms with Gasteiger partial charge in [0, 0.05) is 43.7 Å². The lowest BCUT2D eigenvalue weighted by Gasteiger charge is -2.26. The van der Waals surface area contributed by atoms with E-state index in [2.05, 4.69) is 177 Å². The predicted octanol–water partition coefficient (Wildman–Crippen LogP) is 12.6. The van der Waals surface area contributed by atoms with Gasteiger partial charge in [0.2, 0.25) is 0 Å². The van der Waals surface area contributed by atoms with Crippen LogP contribution in [0.5, 0.6) is 0 Å². The summed E-state index contributed by atoms with van der Waals surface area (Å²) in [6.45, 7) is 0. The van der Waals surface area contributed by atoms with Crippen molar-refractivity contribution in [3.8, 4) is 0 Å². The first-order chi connectivity index (χ1) is 26.3. The summed E-state index contributed by atoms with van der Waals surface area (Å²) in [5.41, 5.74) is 11.5. The number of rotatable bonds is 3. The van der Waals surface area contributed by atoms with Gasteiger partial charge in [-0.05, 0) is 70.1 Å². The Morgan fingerprint density at radius 2 is 0.868 bits per heavy atom. The Hall–Kier alpha value is -7.24. The third kappa shape index (κ3) is 3.37. The number of fused-ring (bicyclic) bond motifs is 16. The maximum atomic E-state index is 5.78. The van der Waals surface area contributed by atoms with Crippen molar-refractivity contribution in [2.24, 2.45) is 0 Å². The Labute approximate surface area is 301 Å². The maximum absolute atomic E-state index is 5.78. The van der Waals surface area contributed by atoms with Crippen molar-refractivity contribution in [1.82, 2.24) is 18.8 Å². The van der Waals surface area contributed by atoms with Crippen LogP contribution in [-0.2, 0) is 0 Å². The minimum Gasteiger partial charge on any atom is -0.308 e. The molecule has 0 bridgehead atoms. The SMILES string of the molecule is c1ccc(N(c2ccccc2)c2cccc3c4cc5ccccc5c5c6nc7c(nc6n(c23)c45)c2c3ccccc3cc3c4ccccc4n7c32)cc1. The Morgan fingerprint density at radius 1 is 0.377 bits per heavy atom. The number of hydrogen-bond acceptors (Lipinski definition) is 3. The summed E-state index contributed by atoms with van der Waals surface area (Å²) in [7, 11) is 0. The molecular formula is C48H27N5. The molecule has 0 unspecified atom stereocenters. The highest BCUT2D eigenvalue weighted by Gasteiger charge is 2.28. The van der Waals surface area contributed by atoms with Crippen LogP contribution in [0.2, 0.25) is 0 Å². The number of nitrogens with zero attached hydrogens (tertiary/aromatic N) is 5. The number of benzene rings is 8. The van der Waals surface area contributed by atoms with Gasteiger partial charge in [0.1, 0.15) is 11.0 Å². The summed E-state index contributed by atoms with van der Waals surface area (Å²) >= 11 is 0. The Balaban J connectivity index is 1.29. The van der Waals surface area contributed by atoms with Gasteiger partial charge in [0.25, 0.3) is 0 Å². The molecule has 0 aliphatic carbocycles. The molecule has 13 rings (SSSR count). The van der Waals surface area contributed by atoms with E-state index in [0.29, 0.717) is 0 Å². The zero-order valence-corrected chi connectivity index (χ0v) is 28.3. The molecule has 244 valence electrons. The van der Waals surface area contributed by atoms with Gasteiger partial charge >= 0.3 is 0 Å². The molecule has 0 aliphatic rings. The normalized spacial score (nSPS) is 12.5. The fourth-order valence-electron chi connectivity index (χ4n) is 9.40. The first kappa shape index (κ1) is 27.5. The predicted molar refractivity (Wildman–Crippen MR) is 221 cm³/mol. The van der Waals surface area contributed by atoms with Crippen LogP contribution in [0, 0.1) is 0 Å². The van der Waals surface area contributed by atoms with Crippen molar-refractivity contribution in [3.05, 3.63) is 164 Å². The zero-order valence-electron chi connectivity index (χ0n) is 28.3. The van der Waals surface area contributed by atoms with Crippen LogP contribution in [0.25, 0.3) is 98.3 Å². The molecule has 0 atom stereocenters. The van der Waals surface area contributed by atoms with Gasteiger partial charge in [-0.25, -0.2) is 9.97 Å². The second-order valence-electron chi connectivity index (χ2n) is 14.2. The molecule has 13 aromatic rings. The number of hydrogen-bond donors (Lipinski definition) is 0. The third-order valence-electron chi connectivity index (χ3n) is 11.5. The van der Waals surface area contributed by atoms with Crippen molar-refractivity contribution in [3.63, 3.8) is 0 Å². The van der Waals surface area contributed by atoms with Crippen LogP contribution in [0.15, 0.2) is 164 Å². The molecule has 8 aromatic carbocycles. The van der Waals surface area contributed by atoms with E-state index in [1.54, 1.807) is 0 Å². The lowest BCUT2D eigenvalue weighted by Crippen LogP contribution is -2.10. The van der Waals surface area contributed by atoms with Gasteiger partial charge < -0.3 is 4.90 Å². The Bertz CT molecular complexity index is 3580. The lowest BCUT2D eigenvalue weighted by molar-refractivity contribution is 1.23. The first-order valence-electron chi connectivity index (χ1n) is 18.1. The van der Waals surface area contributed by atoms with Crippen LogP contribution in [0.1, 0.15) is 0 Å². The van der Waals surface area contributed by atoms with E-state index < -0.39 is 0 Å². The summed E-state index contributed by atoms with van der Waals surface area (Å²) < 4.78 is 4.78. The molecule has 0 aliphatic heterocycles. The second kappa shape index (κ2) is 9.75. The van der Waals surface area contributed by atoms with Gasteiger partial charge in [0.05, 0.1) is 27.8 Å². The highest BCUT2D eigenvalue weighted by molar-refractivity contribution is 6.34. The lowest BCUT2D eigenvalue weighted by atomic mass is 10.0. The summed E-state index contributed by atoms with van der Waals surface area (Å²) in [4.78, 5) is 13.9. The molecule has 5 nitrogen and oxygen atoms in total. The average Bonchev–Trinajstić information content (AvgIpc) is 3.94. The van der Waals surface area contributed by atoms with E-state index in [1.165, 1.54) is 48.6 Å². The van der Waals surface area contributed by atoms with E-state index in [-0.39, 0.29) is 0 Å². The summed E-state index contributed by atoms with van der Waals surface area (Å²) in [6.07, 6.45) is 0. The summed E-state index contributed by atoms with van der Waals surface area (Å²) in [6, 6.07) is 58.9. The second-order valence-corrected chi connectivity index (χ2v) is 14.2. The highest BCUT2D eigenvalue weighted by Crippen LogP contribution is 2.48. The smallest absolute Gasteiger partial charge is 0.165 e. The fraction of sp³-hybridized carbons (Fsp3) is 0. The van der Waals surface area contributed by atoms with E-state index in [1.807, 2.05) is 0 Å². The van der Waals surface area contributed by atoms with Crippen LogP contribution in [-0.4, -0.2) is 18.8 Å². The molecule has 5 heterocycles. The monoisotopic (exact) mass is 673 g/mol. The summed E-state index contributed by atoms with van der Waals surface area (Å²) in [5.74, 6) is 0. The maximum Gasteiger partial charge on any atom is 0.165 e. The fourth-order valence-corrected chi connectivity index (χ4v) is 9.40. The number of aromatic nitrogens is 4. The molecule has 0 saturated heterocycles. The molecule has 0 radical (unpaired) electrons.